The maximum absolute atomic E-state index is 8.70. The Morgan fingerprint density at radius 3 is 2.80 bits per heavy atom. The van der Waals surface area contributed by atoms with Crippen LogP contribution >= 0.6 is 0 Å². The summed E-state index contributed by atoms with van der Waals surface area (Å²) in [4.78, 5) is 0. The number of hydrogen-bond acceptors (Lipinski definition) is 1. The fraction of sp³-hybridized carbons (Fsp3) is 1.00. The van der Waals surface area contributed by atoms with Crippen molar-refractivity contribution in [3.8, 4) is 0 Å². The lowest BCUT2D eigenvalue weighted by Gasteiger charge is -2.17. The van der Waals surface area contributed by atoms with Crippen LogP contribution in [0.5, 0.6) is 0 Å². The third-order valence-electron chi connectivity index (χ3n) is 0.564. The molecule has 0 bridgehead atoms. The molecule has 0 aromatic rings. The molecule has 1 saturated carbocycles. The minimum atomic E-state index is -2.03. The predicted molar refractivity (Wildman–Crippen MR) is 19.9 cm³/mol. The average molecular weight is 76.1 g/mol. The highest BCUT2D eigenvalue weighted by molar-refractivity contribution is 4.65. The van der Waals surface area contributed by atoms with Gasteiger partial charge in [-0.25, -0.2) is 0 Å². The van der Waals surface area contributed by atoms with Crippen molar-refractivity contribution in [3.05, 3.63) is 0 Å². The molecule has 1 unspecified atom stereocenters. The van der Waals surface area contributed by atoms with Gasteiger partial charge < -0.3 is 5.11 Å². The standard InChI is InChI=1S/C4H8O/c5-4-2-1-3-4/h4-5H,1-3H2/i1D2,2D2. The SMILES string of the molecule is [2H]C1([2H])CC(O)C1([2H])[2H]. The second kappa shape index (κ2) is 0.977. The third-order valence-corrected chi connectivity index (χ3v) is 0.564. The highest BCUT2D eigenvalue weighted by atomic mass is 16.3. The average Bonchev–Trinajstić information content (AvgIpc) is 1.65. The molecule has 1 N–H and O–H groups in total. The van der Waals surface area contributed by atoms with E-state index in [2.05, 4.69) is 0 Å². The molecule has 0 aromatic heterocycles. The van der Waals surface area contributed by atoms with Crippen LogP contribution in [0.15, 0.2) is 0 Å². The Labute approximate surface area is 37.2 Å². The summed E-state index contributed by atoms with van der Waals surface area (Å²) < 4.78 is 27.7. The predicted octanol–water partition coefficient (Wildman–Crippen LogP) is 0.531. The summed E-state index contributed by atoms with van der Waals surface area (Å²) in [7, 11) is 0. The number of hydrogen-bond donors (Lipinski definition) is 1. The van der Waals surface area contributed by atoms with Gasteiger partial charge in [-0.05, 0) is 19.2 Å². The first-order valence-corrected chi connectivity index (χ1v) is 1.56. The topological polar surface area (TPSA) is 20.2 Å². The minimum absolute atomic E-state index is 0.0833. The Kier molecular flexibility index (Phi) is 0.189. The molecule has 0 spiro atoms. The first-order chi connectivity index (χ1) is 3.88. The van der Waals surface area contributed by atoms with E-state index in [-0.39, 0.29) is 6.42 Å². The molecule has 30 valence electrons. The van der Waals surface area contributed by atoms with E-state index in [4.69, 9.17) is 10.6 Å². The molecule has 0 radical (unpaired) electrons. The van der Waals surface area contributed by atoms with Gasteiger partial charge >= 0.3 is 0 Å². The summed E-state index contributed by atoms with van der Waals surface area (Å²) >= 11 is 0. The van der Waals surface area contributed by atoms with Gasteiger partial charge in [0.1, 0.15) is 0 Å². The van der Waals surface area contributed by atoms with Gasteiger partial charge in [-0.15, -0.1) is 0 Å². The van der Waals surface area contributed by atoms with Crippen LogP contribution < -0.4 is 0 Å². The van der Waals surface area contributed by atoms with Crippen molar-refractivity contribution in [3.63, 3.8) is 0 Å². The Hall–Kier alpha value is -0.0400. The molecule has 5 heavy (non-hydrogen) atoms. The highest BCUT2D eigenvalue weighted by Crippen LogP contribution is 2.16. The molecule has 0 heterocycles. The van der Waals surface area contributed by atoms with Crippen LogP contribution in [0.4, 0.5) is 0 Å². The lowest BCUT2D eigenvalue weighted by atomic mass is 9.97. The van der Waals surface area contributed by atoms with Gasteiger partial charge in [-0.3, -0.25) is 0 Å². The fourth-order valence-electron chi connectivity index (χ4n) is 0.193. The zero-order valence-electron chi connectivity index (χ0n) is 6.73. The van der Waals surface area contributed by atoms with Crippen molar-refractivity contribution >= 4 is 0 Å². The Balaban J connectivity index is 2.70. The number of aliphatic hydroxyl groups excluding tert-OH is 1. The fourth-order valence-corrected chi connectivity index (χ4v) is 0.193. The second-order valence-electron chi connectivity index (χ2n) is 1.04. The van der Waals surface area contributed by atoms with Crippen LogP contribution in [0.25, 0.3) is 0 Å². The molecule has 0 amide bonds. The molecule has 0 aliphatic heterocycles. The molecule has 0 saturated heterocycles. The second-order valence-corrected chi connectivity index (χ2v) is 1.04. The van der Waals surface area contributed by atoms with Gasteiger partial charge in [-0.1, -0.05) is 0 Å². The first kappa shape index (κ1) is 0.969. The van der Waals surface area contributed by atoms with Gasteiger partial charge in [0.25, 0.3) is 0 Å². The minimum Gasteiger partial charge on any atom is -0.393 e. The zero-order valence-corrected chi connectivity index (χ0v) is 2.73. The summed E-state index contributed by atoms with van der Waals surface area (Å²) in [6, 6.07) is 0. The van der Waals surface area contributed by atoms with E-state index in [0.717, 1.165) is 0 Å². The van der Waals surface area contributed by atoms with Crippen molar-refractivity contribution in [2.75, 3.05) is 0 Å². The Morgan fingerprint density at radius 1 is 2.00 bits per heavy atom. The summed E-state index contributed by atoms with van der Waals surface area (Å²) in [6.07, 6.45) is -5.06. The molecular formula is C4H8O. The molecule has 0 aromatic carbocycles. The van der Waals surface area contributed by atoms with E-state index in [1.807, 2.05) is 0 Å². The van der Waals surface area contributed by atoms with Crippen LogP contribution in [0.3, 0.4) is 0 Å². The van der Waals surface area contributed by atoms with Crippen LogP contribution in [0.2, 0.25) is 0 Å². The van der Waals surface area contributed by atoms with Crippen LogP contribution in [-0.2, 0) is 0 Å². The van der Waals surface area contributed by atoms with E-state index >= 15 is 0 Å². The van der Waals surface area contributed by atoms with Gasteiger partial charge in [0.2, 0.25) is 0 Å². The largest absolute Gasteiger partial charge is 0.393 e. The monoisotopic (exact) mass is 76.1 g/mol. The maximum Gasteiger partial charge on any atom is 0.0540 e. The third kappa shape index (κ3) is 0.428. The quantitative estimate of drug-likeness (QED) is 0.446. The van der Waals surface area contributed by atoms with Crippen LogP contribution in [-0.4, -0.2) is 11.2 Å². The Morgan fingerprint density at radius 2 is 2.80 bits per heavy atom. The molecule has 1 heteroatoms. The maximum atomic E-state index is 8.70. The molecule has 1 fully saturated rings. The van der Waals surface area contributed by atoms with Crippen molar-refractivity contribution in [1.82, 2.24) is 0 Å². The van der Waals surface area contributed by atoms with Crippen LogP contribution in [0, 0.1) is 0 Å². The Bertz CT molecular complexity index is 133. The lowest BCUT2D eigenvalue weighted by Crippen LogP contribution is -2.15. The summed E-state index contributed by atoms with van der Waals surface area (Å²) in [6.45, 7) is 0. The molecule has 1 aliphatic carbocycles. The highest BCUT2D eigenvalue weighted by Gasteiger charge is 2.11. The first-order valence-electron chi connectivity index (χ1n) is 3.56. The molecule has 1 atom stereocenters. The van der Waals surface area contributed by atoms with Gasteiger partial charge in [-0.2, -0.15) is 0 Å². The summed E-state index contributed by atoms with van der Waals surface area (Å²) in [5.74, 6) is 0. The van der Waals surface area contributed by atoms with E-state index in [1.165, 1.54) is 0 Å². The van der Waals surface area contributed by atoms with Crippen LogP contribution in [0.1, 0.15) is 24.6 Å². The van der Waals surface area contributed by atoms with E-state index in [1.54, 1.807) is 0 Å². The molecule has 1 rings (SSSR count). The lowest BCUT2D eigenvalue weighted by molar-refractivity contribution is 0.0950. The number of rotatable bonds is 0. The van der Waals surface area contributed by atoms with E-state index in [9.17, 15) is 0 Å². The van der Waals surface area contributed by atoms with Gasteiger partial charge in [0.05, 0.1) is 6.10 Å². The van der Waals surface area contributed by atoms with E-state index in [0.29, 0.717) is 0 Å². The normalized spacial score (nSPS) is 68.6. The molecule has 1 nitrogen and oxygen atoms in total. The number of aliphatic hydroxyl groups is 1. The van der Waals surface area contributed by atoms with Crippen molar-refractivity contribution in [1.29, 1.82) is 0 Å². The van der Waals surface area contributed by atoms with Crippen molar-refractivity contribution in [2.45, 2.75) is 25.3 Å². The van der Waals surface area contributed by atoms with Gasteiger partial charge in [0, 0.05) is 5.48 Å². The molecule has 1 aliphatic rings. The molecular weight excluding hydrogens is 64.0 g/mol. The summed E-state index contributed by atoms with van der Waals surface area (Å²) in [5, 5.41) is 8.70. The summed E-state index contributed by atoms with van der Waals surface area (Å²) in [5.41, 5.74) is 0. The van der Waals surface area contributed by atoms with Crippen molar-refractivity contribution < 1.29 is 10.6 Å². The van der Waals surface area contributed by atoms with Crippen molar-refractivity contribution in [2.24, 2.45) is 0 Å². The smallest absolute Gasteiger partial charge is 0.0540 e. The van der Waals surface area contributed by atoms with Gasteiger partial charge in [0.15, 0.2) is 0 Å². The van der Waals surface area contributed by atoms with E-state index < -0.39 is 18.8 Å². The zero-order chi connectivity index (χ0) is 7.28.